The largest absolute Gasteiger partial charge is 0.496 e. The van der Waals surface area contributed by atoms with Gasteiger partial charge < -0.3 is 9.84 Å². The lowest BCUT2D eigenvalue weighted by Gasteiger charge is -2.13. The minimum absolute atomic E-state index is 0.254. The zero-order valence-electron chi connectivity index (χ0n) is 10.0. The van der Waals surface area contributed by atoms with E-state index in [-0.39, 0.29) is 6.10 Å². The molecule has 0 aliphatic heterocycles. The predicted molar refractivity (Wildman–Crippen MR) is 62.5 cm³/mol. The highest BCUT2D eigenvalue weighted by Gasteiger charge is 2.08. The van der Waals surface area contributed by atoms with E-state index < -0.39 is 0 Å². The Bertz CT molecular complexity index is 330. The molecule has 1 N–H and O–H groups in total. The van der Waals surface area contributed by atoms with E-state index in [9.17, 15) is 5.11 Å². The van der Waals surface area contributed by atoms with Gasteiger partial charge in [0.25, 0.3) is 0 Å². The maximum Gasteiger partial charge on any atom is 0.122 e. The van der Waals surface area contributed by atoms with Gasteiger partial charge in [0.1, 0.15) is 5.75 Å². The Labute approximate surface area is 91.9 Å². The number of aliphatic hydroxyl groups excluding tert-OH is 1. The second kappa shape index (κ2) is 5.17. The monoisotopic (exact) mass is 208 g/mol. The molecular formula is C13H20O2. The molecule has 0 aromatic heterocycles. The van der Waals surface area contributed by atoms with Crippen molar-refractivity contribution in [3.8, 4) is 5.75 Å². The first kappa shape index (κ1) is 12.1. The van der Waals surface area contributed by atoms with Crippen molar-refractivity contribution < 1.29 is 9.84 Å². The molecule has 0 saturated heterocycles. The highest BCUT2D eigenvalue weighted by atomic mass is 16.5. The van der Waals surface area contributed by atoms with Gasteiger partial charge in [-0.15, -0.1) is 0 Å². The Morgan fingerprint density at radius 3 is 2.53 bits per heavy atom. The maximum absolute atomic E-state index is 9.28. The second-order valence-electron chi connectivity index (χ2n) is 4.15. The van der Waals surface area contributed by atoms with Gasteiger partial charge in [-0.25, -0.2) is 0 Å². The van der Waals surface area contributed by atoms with Crippen LogP contribution in [0, 0.1) is 13.8 Å². The third-order valence-electron chi connectivity index (χ3n) is 2.61. The summed E-state index contributed by atoms with van der Waals surface area (Å²) in [4.78, 5) is 0. The van der Waals surface area contributed by atoms with E-state index in [1.165, 1.54) is 16.7 Å². The highest BCUT2D eigenvalue weighted by Crippen LogP contribution is 2.25. The summed E-state index contributed by atoms with van der Waals surface area (Å²) >= 11 is 0. The van der Waals surface area contributed by atoms with Crippen LogP contribution in [0.3, 0.4) is 0 Å². The van der Waals surface area contributed by atoms with Gasteiger partial charge in [-0.2, -0.15) is 0 Å². The average Bonchev–Trinajstić information content (AvgIpc) is 2.14. The number of aryl methyl sites for hydroxylation is 2. The minimum Gasteiger partial charge on any atom is -0.496 e. The summed E-state index contributed by atoms with van der Waals surface area (Å²) < 4.78 is 5.36. The molecule has 0 bridgehead atoms. The van der Waals surface area contributed by atoms with Gasteiger partial charge in [0, 0.05) is 0 Å². The Hall–Kier alpha value is -1.02. The molecule has 0 radical (unpaired) electrons. The van der Waals surface area contributed by atoms with Gasteiger partial charge in [-0.1, -0.05) is 6.07 Å². The Morgan fingerprint density at radius 2 is 2.00 bits per heavy atom. The second-order valence-corrected chi connectivity index (χ2v) is 4.15. The Balaban J connectivity index is 2.93. The molecule has 1 rings (SSSR count). The zero-order chi connectivity index (χ0) is 11.4. The standard InChI is InChI=1S/C13H20O2/c1-9-7-10(2)12(6-5-11(3)14)13(8-9)15-4/h7-8,11,14H,5-6H2,1-4H3. The molecule has 1 atom stereocenters. The van der Waals surface area contributed by atoms with E-state index in [0.717, 1.165) is 18.6 Å². The molecule has 0 heterocycles. The molecule has 0 aliphatic rings. The van der Waals surface area contributed by atoms with Crippen LogP contribution in [0.15, 0.2) is 12.1 Å². The van der Waals surface area contributed by atoms with Gasteiger partial charge >= 0.3 is 0 Å². The van der Waals surface area contributed by atoms with Crippen LogP contribution in [0.25, 0.3) is 0 Å². The van der Waals surface area contributed by atoms with Crippen LogP contribution in [0.5, 0.6) is 5.75 Å². The van der Waals surface area contributed by atoms with Crippen molar-refractivity contribution in [2.75, 3.05) is 7.11 Å². The average molecular weight is 208 g/mol. The summed E-state index contributed by atoms with van der Waals surface area (Å²) in [6, 6.07) is 4.20. The summed E-state index contributed by atoms with van der Waals surface area (Å²) in [5.41, 5.74) is 3.67. The van der Waals surface area contributed by atoms with Crippen LogP contribution < -0.4 is 4.74 Å². The molecule has 2 heteroatoms. The normalized spacial score (nSPS) is 12.6. The molecule has 0 amide bonds. The first-order valence-electron chi connectivity index (χ1n) is 5.36. The first-order valence-corrected chi connectivity index (χ1v) is 5.36. The van der Waals surface area contributed by atoms with Crippen molar-refractivity contribution in [1.82, 2.24) is 0 Å². The number of ether oxygens (including phenoxy) is 1. The van der Waals surface area contributed by atoms with Gasteiger partial charge in [-0.3, -0.25) is 0 Å². The number of aliphatic hydroxyl groups is 1. The molecule has 15 heavy (non-hydrogen) atoms. The van der Waals surface area contributed by atoms with Crippen LogP contribution in [0.1, 0.15) is 30.0 Å². The van der Waals surface area contributed by atoms with Crippen molar-refractivity contribution in [2.45, 2.75) is 39.7 Å². The lowest BCUT2D eigenvalue weighted by Crippen LogP contribution is -2.04. The van der Waals surface area contributed by atoms with Crippen LogP contribution in [-0.2, 0) is 6.42 Å². The molecule has 0 fully saturated rings. The van der Waals surface area contributed by atoms with Crippen molar-refractivity contribution >= 4 is 0 Å². The van der Waals surface area contributed by atoms with E-state index in [2.05, 4.69) is 19.9 Å². The van der Waals surface area contributed by atoms with Crippen LogP contribution in [-0.4, -0.2) is 18.3 Å². The minimum atomic E-state index is -0.254. The summed E-state index contributed by atoms with van der Waals surface area (Å²) in [5, 5.41) is 9.28. The van der Waals surface area contributed by atoms with Gasteiger partial charge in [0.2, 0.25) is 0 Å². The maximum atomic E-state index is 9.28. The quantitative estimate of drug-likeness (QED) is 0.824. The summed E-state index contributed by atoms with van der Waals surface area (Å²) in [5.74, 6) is 0.938. The SMILES string of the molecule is COc1cc(C)cc(C)c1CCC(C)O. The molecule has 1 aromatic rings. The first-order chi connectivity index (χ1) is 7.04. The zero-order valence-corrected chi connectivity index (χ0v) is 10.0. The highest BCUT2D eigenvalue weighted by molar-refractivity contribution is 5.43. The van der Waals surface area contributed by atoms with E-state index in [4.69, 9.17) is 4.74 Å². The summed E-state index contributed by atoms with van der Waals surface area (Å²) in [6.45, 7) is 5.97. The fourth-order valence-corrected chi connectivity index (χ4v) is 1.81. The van der Waals surface area contributed by atoms with E-state index in [1.54, 1.807) is 7.11 Å². The van der Waals surface area contributed by atoms with Crippen molar-refractivity contribution in [3.63, 3.8) is 0 Å². The lowest BCUT2D eigenvalue weighted by atomic mass is 9.99. The Morgan fingerprint density at radius 1 is 1.33 bits per heavy atom. The van der Waals surface area contributed by atoms with Crippen LogP contribution in [0.4, 0.5) is 0 Å². The van der Waals surface area contributed by atoms with Crippen molar-refractivity contribution in [3.05, 3.63) is 28.8 Å². The number of rotatable bonds is 4. The molecular weight excluding hydrogens is 188 g/mol. The summed E-state index contributed by atoms with van der Waals surface area (Å²) in [7, 11) is 1.69. The van der Waals surface area contributed by atoms with Crippen molar-refractivity contribution in [2.24, 2.45) is 0 Å². The van der Waals surface area contributed by atoms with Gasteiger partial charge in [0.15, 0.2) is 0 Å². The van der Waals surface area contributed by atoms with E-state index >= 15 is 0 Å². The molecule has 1 aromatic carbocycles. The fourth-order valence-electron chi connectivity index (χ4n) is 1.81. The number of hydrogen-bond donors (Lipinski definition) is 1. The van der Waals surface area contributed by atoms with Crippen LogP contribution >= 0.6 is 0 Å². The number of benzene rings is 1. The van der Waals surface area contributed by atoms with Crippen LogP contribution in [0.2, 0.25) is 0 Å². The molecule has 1 unspecified atom stereocenters. The number of methoxy groups -OCH3 is 1. The van der Waals surface area contributed by atoms with E-state index in [1.807, 2.05) is 13.0 Å². The Kier molecular flexibility index (Phi) is 4.15. The molecule has 0 aliphatic carbocycles. The smallest absolute Gasteiger partial charge is 0.122 e. The van der Waals surface area contributed by atoms with Gasteiger partial charge in [0.05, 0.1) is 13.2 Å². The summed E-state index contributed by atoms with van der Waals surface area (Å²) in [6.07, 6.45) is 1.39. The third kappa shape index (κ3) is 3.24. The lowest BCUT2D eigenvalue weighted by molar-refractivity contribution is 0.184. The van der Waals surface area contributed by atoms with Crippen molar-refractivity contribution in [1.29, 1.82) is 0 Å². The number of hydrogen-bond acceptors (Lipinski definition) is 2. The third-order valence-corrected chi connectivity index (χ3v) is 2.61. The molecule has 84 valence electrons. The predicted octanol–water partition coefficient (Wildman–Crippen LogP) is 2.63. The topological polar surface area (TPSA) is 29.5 Å². The van der Waals surface area contributed by atoms with Gasteiger partial charge in [-0.05, 0) is 56.4 Å². The molecule has 0 saturated carbocycles. The van der Waals surface area contributed by atoms with E-state index in [0.29, 0.717) is 0 Å². The molecule has 2 nitrogen and oxygen atoms in total. The fraction of sp³-hybridized carbons (Fsp3) is 0.538. The molecule has 0 spiro atoms.